The number of ether oxygens (including phenoxy) is 1. The Kier molecular flexibility index (Phi) is 6.80. The van der Waals surface area contributed by atoms with Gasteiger partial charge in [0.15, 0.2) is 8.03 Å². The molecule has 0 radical (unpaired) electrons. The minimum absolute atomic E-state index is 0.0929. The summed E-state index contributed by atoms with van der Waals surface area (Å²) in [6.07, 6.45) is 0.930. The normalized spacial score (nSPS) is 22.1. The van der Waals surface area contributed by atoms with Crippen LogP contribution < -0.4 is 5.32 Å². The highest BCUT2D eigenvalue weighted by molar-refractivity contribution is 7.39. The molecule has 0 bridgehead atoms. The maximum absolute atomic E-state index is 11.9. The van der Waals surface area contributed by atoms with Gasteiger partial charge in [-0.1, -0.05) is 42.5 Å². The lowest BCUT2D eigenvalue weighted by Crippen LogP contribution is -2.51. The standard InChI is InChI=1S/C20H24NO5P/c22-20(23)16-8-6-15(7-9-16)10-17-13-26-18(12-21-17)19(27(24)25)11-14-4-2-1-3-5-14/h1-9,17-19,21,27H,10-13H2,(H,22,23)(H,24,25)/t17-,18+,19?/m1/s1. The Morgan fingerprint density at radius 3 is 2.41 bits per heavy atom. The third-order valence-corrected chi connectivity index (χ3v) is 6.08. The van der Waals surface area contributed by atoms with E-state index in [-0.39, 0.29) is 17.7 Å². The number of benzene rings is 2. The number of aromatic carboxylic acids is 1. The van der Waals surface area contributed by atoms with Crippen molar-refractivity contribution in [1.82, 2.24) is 5.32 Å². The van der Waals surface area contributed by atoms with Crippen LogP contribution in [0.5, 0.6) is 0 Å². The molecule has 0 spiro atoms. The quantitative estimate of drug-likeness (QED) is 0.630. The van der Waals surface area contributed by atoms with E-state index in [0.29, 0.717) is 26.0 Å². The molecule has 3 N–H and O–H groups in total. The Morgan fingerprint density at radius 1 is 1.15 bits per heavy atom. The predicted molar refractivity (Wildman–Crippen MR) is 104 cm³/mol. The molecule has 6 nitrogen and oxygen atoms in total. The Morgan fingerprint density at radius 2 is 1.85 bits per heavy atom. The summed E-state index contributed by atoms with van der Waals surface area (Å²) in [4.78, 5) is 20.7. The molecular formula is C20H24NO5P. The van der Waals surface area contributed by atoms with E-state index in [2.05, 4.69) is 5.32 Å². The number of carboxylic acid groups (broad SMARTS) is 1. The highest BCUT2D eigenvalue weighted by Crippen LogP contribution is 2.31. The van der Waals surface area contributed by atoms with Gasteiger partial charge in [-0.15, -0.1) is 0 Å². The van der Waals surface area contributed by atoms with Crippen molar-refractivity contribution in [3.05, 3.63) is 71.3 Å². The van der Waals surface area contributed by atoms with Gasteiger partial charge >= 0.3 is 5.97 Å². The highest BCUT2D eigenvalue weighted by Gasteiger charge is 2.31. The molecule has 2 aromatic rings. The Hall–Kier alpha value is -1.98. The van der Waals surface area contributed by atoms with Crippen molar-refractivity contribution in [3.8, 4) is 0 Å². The van der Waals surface area contributed by atoms with Crippen LogP contribution in [-0.4, -0.2) is 46.9 Å². The zero-order chi connectivity index (χ0) is 19.2. The zero-order valence-corrected chi connectivity index (χ0v) is 15.9. The summed E-state index contributed by atoms with van der Waals surface area (Å²) in [5.41, 5.74) is 1.90. The average Bonchev–Trinajstić information content (AvgIpc) is 2.68. The van der Waals surface area contributed by atoms with E-state index in [4.69, 9.17) is 9.84 Å². The molecule has 1 fully saturated rings. The molecule has 1 aliphatic heterocycles. The summed E-state index contributed by atoms with van der Waals surface area (Å²) >= 11 is 0. The largest absolute Gasteiger partial charge is 0.478 e. The summed E-state index contributed by atoms with van der Waals surface area (Å²) in [5, 5.41) is 12.4. The van der Waals surface area contributed by atoms with Crippen LogP contribution in [0.15, 0.2) is 54.6 Å². The molecule has 4 atom stereocenters. The second kappa shape index (κ2) is 9.29. The van der Waals surface area contributed by atoms with Crippen molar-refractivity contribution in [2.75, 3.05) is 13.2 Å². The second-order valence-electron chi connectivity index (χ2n) is 6.82. The molecule has 0 amide bonds. The van der Waals surface area contributed by atoms with Crippen molar-refractivity contribution < 1.29 is 24.1 Å². The first-order valence-electron chi connectivity index (χ1n) is 8.97. The van der Waals surface area contributed by atoms with Gasteiger partial charge in [0.25, 0.3) is 0 Å². The molecule has 0 aromatic heterocycles. The number of hydrogen-bond donors (Lipinski definition) is 3. The van der Waals surface area contributed by atoms with Crippen LogP contribution >= 0.6 is 8.03 Å². The van der Waals surface area contributed by atoms with Crippen molar-refractivity contribution in [3.63, 3.8) is 0 Å². The van der Waals surface area contributed by atoms with Crippen LogP contribution in [-0.2, 0) is 22.1 Å². The first-order valence-corrected chi connectivity index (χ1v) is 10.4. The Balaban J connectivity index is 1.55. The third kappa shape index (κ3) is 5.50. The fourth-order valence-corrected chi connectivity index (χ4v) is 4.29. The minimum atomic E-state index is -2.73. The lowest BCUT2D eigenvalue weighted by Gasteiger charge is -2.34. The highest BCUT2D eigenvalue weighted by atomic mass is 31.1. The van der Waals surface area contributed by atoms with Crippen molar-refractivity contribution in [2.45, 2.75) is 30.6 Å². The lowest BCUT2D eigenvalue weighted by molar-refractivity contribution is 0.00137. The van der Waals surface area contributed by atoms with Crippen LogP contribution in [0.3, 0.4) is 0 Å². The van der Waals surface area contributed by atoms with Gasteiger partial charge in [0, 0.05) is 12.6 Å². The number of carbonyl (C=O) groups is 1. The van der Waals surface area contributed by atoms with E-state index >= 15 is 0 Å². The van der Waals surface area contributed by atoms with Gasteiger partial charge in [-0.2, -0.15) is 0 Å². The molecule has 7 heteroatoms. The maximum atomic E-state index is 11.9. The Labute approximate surface area is 159 Å². The Bertz CT molecular complexity index is 773. The van der Waals surface area contributed by atoms with E-state index in [9.17, 15) is 14.3 Å². The molecule has 2 unspecified atom stereocenters. The van der Waals surface area contributed by atoms with Crippen molar-refractivity contribution >= 4 is 14.0 Å². The molecule has 2 aromatic carbocycles. The maximum Gasteiger partial charge on any atom is 0.335 e. The molecule has 27 heavy (non-hydrogen) atoms. The second-order valence-corrected chi connectivity index (χ2v) is 8.24. The summed E-state index contributed by atoms with van der Waals surface area (Å²) in [6.45, 7) is 0.970. The van der Waals surface area contributed by atoms with Crippen LogP contribution in [0.4, 0.5) is 0 Å². The number of carboxylic acids is 1. The van der Waals surface area contributed by atoms with Crippen LogP contribution in [0.1, 0.15) is 21.5 Å². The van der Waals surface area contributed by atoms with Crippen LogP contribution in [0.25, 0.3) is 0 Å². The van der Waals surface area contributed by atoms with Gasteiger partial charge in [0.1, 0.15) is 0 Å². The molecule has 3 rings (SSSR count). The van der Waals surface area contributed by atoms with E-state index in [1.54, 1.807) is 12.1 Å². The topological polar surface area (TPSA) is 95.9 Å². The molecule has 0 aliphatic carbocycles. The fourth-order valence-electron chi connectivity index (χ4n) is 3.34. The van der Waals surface area contributed by atoms with Gasteiger partial charge in [0.05, 0.1) is 23.9 Å². The first-order chi connectivity index (χ1) is 13.0. The number of rotatable bonds is 7. The van der Waals surface area contributed by atoms with E-state index < -0.39 is 19.7 Å². The molecular weight excluding hydrogens is 365 g/mol. The van der Waals surface area contributed by atoms with Gasteiger partial charge < -0.3 is 20.1 Å². The van der Waals surface area contributed by atoms with Crippen molar-refractivity contribution in [1.29, 1.82) is 0 Å². The summed E-state index contributed by atoms with van der Waals surface area (Å²) in [6, 6.07) is 16.6. The third-order valence-electron chi connectivity index (χ3n) is 4.87. The number of nitrogens with one attached hydrogen (secondary N) is 1. The smallest absolute Gasteiger partial charge is 0.335 e. The molecule has 1 aliphatic rings. The average molecular weight is 389 g/mol. The molecule has 0 saturated carbocycles. The van der Waals surface area contributed by atoms with E-state index in [1.165, 1.54) is 0 Å². The lowest BCUT2D eigenvalue weighted by atomic mass is 10.0. The van der Waals surface area contributed by atoms with E-state index in [0.717, 1.165) is 11.1 Å². The van der Waals surface area contributed by atoms with Gasteiger partial charge in [0.2, 0.25) is 0 Å². The predicted octanol–water partition coefficient (Wildman–Crippen LogP) is 2.36. The minimum Gasteiger partial charge on any atom is -0.478 e. The fraction of sp³-hybridized carbons (Fsp3) is 0.350. The molecule has 1 saturated heterocycles. The number of morpholine rings is 1. The zero-order valence-electron chi connectivity index (χ0n) is 14.9. The van der Waals surface area contributed by atoms with Crippen molar-refractivity contribution in [2.24, 2.45) is 0 Å². The first kappa shape index (κ1) is 19.8. The monoisotopic (exact) mass is 389 g/mol. The molecule has 144 valence electrons. The SMILES string of the molecule is O=C(O)c1ccc(C[C@@H]2CO[C@H](C(Cc3ccccc3)[PH](=O)O)CN2)cc1. The van der Waals surface area contributed by atoms with Crippen LogP contribution in [0.2, 0.25) is 0 Å². The van der Waals surface area contributed by atoms with Gasteiger partial charge in [-0.3, -0.25) is 4.57 Å². The number of hydrogen-bond acceptors (Lipinski definition) is 4. The summed E-state index contributed by atoms with van der Waals surface area (Å²) in [7, 11) is -2.73. The van der Waals surface area contributed by atoms with Gasteiger partial charge in [-0.05, 0) is 36.1 Å². The van der Waals surface area contributed by atoms with Gasteiger partial charge in [-0.25, -0.2) is 4.79 Å². The van der Waals surface area contributed by atoms with E-state index in [1.807, 2.05) is 42.5 Å². The summed E-state index contributed by atoms with van der Waals surface area (Å²) in [5.74, 6) is -0.938. The summed E-state index contributed by atoms with van der Waals surface area (Å²) < 4.78 is 17.8. The van der Waals surface area contributed by atoms with Crippen LogP contribution in [0, 0.1) is 0 Å². The molecule has 1 heterocycles.